The van der Waals surface area contributed by atoms with E-state index in [9.17, 15) is 9.50 Å². The zero-order valence-corrected chi connectivity index (χ0v) is 18.4. The molecule has 0 amide bonds. The highest BCUT2D eigenvalue weighted by molar-refractivity contribution is 6.15. The number of hydrogen-bond acceptors (Lipinski definition) is 9. The Bertz CT molecular complexity index is 1420. The van der Waals surface area contributed by atoms with Crippen molar-refractivity contribution in [2.45, 2.75) is 31.5 Å². The van der Waals surface area contributed by atoms with Gasteiger partial charge < -0.3 is 30.8 Å². The van der Waals surface area contributed by atoms with E-state index < -0.39 is 17.7 Å². The van der Waals surface area contributed by atoms with E-state index in [0.29, 0.717) is 40.5 Å². The van der Waals surface area contributed by atoms with Gasteiger partial charge in [0.1, 0.15) is 17.6 Å². The highest BCUT2D eigenvalue weighted by atomic mass is 19.2. The Morgan fingerprint density at radius 1 is 1.26 bits per heavy atom. The molecule has 1 unspecified atom stereocenters. The number of ether oxygens (including phenoxy) is 1. The Kier molecular flexibility index (Phi) is 4.58. The molecular weight excluding hydrogens is 446 g/mol. The minimum atomic E-state index is -0.969. The predicted molar refractivity (Wildman–Crippen MR) is 121 cm³/mol. The first-order chi connectivity index (χ1) is 16.4. The molecule has 176 valence electrons. The van der Waals surface area contributed by atoms with Crippen LogP contribution in [-0.2, 0) is 0 Å². The summed E-state index contributed by atoms with van der Waals surface area (Å²) in [5.74, 6) is -0.617. The van der Waals surface area contributed by atoms with Gasteiger partial charge in [0.15, 0.2) is 23.2 Å². The van der Waals surface area contributed by atoms with Gasteiger partial charge in [-0.05, 0) is 13.3 Å². The second kappa shape index (κ2) is 7.43. The van der Waals surface area contributed by atoms with Gasteiger partial charge in [-0.3, -0.25) is 0 Å². The Morgan fingerprint density at radius 3 is 2.65 bits per heavy atom. The lowest BCUT2D eigenvalue weighted by Gasteiger charge is -2.59. The largest absolute Gasteiger partial charge is 0.421 e. The number of fused-ring (bicyclic) bond motifs is 4. The Hall–Kier alpha value is -3.64. The zero-order valence-electron chi connectivity index (χ0n) is 18.4. The Morgan fingerprint density at radius 2 is 2.03 bits per heavy atom. The number of benzene rings is 1. The molecule has 3 aromatic heterocycles. The van der Waals surface area contributed by atoms with E-state index in [4.69, 9.17) is 10.5 Å². The molecule has 1 aliphatic heterocycles. The second-order valence-electron chi connectivity index (χ2n) is 8.74. The van der Waals surface area contributed by atoms with Crippen LogP contribution in [0, 0.1) is 17.6 Å². The number of H-pyrrole nitrogens is 1. The number of halogens is 2. The zero-order chi connectivity index (χ0) is 23.7. The van der Waals surface area contributed by atoms with Crippen molar-refractivity contribution < 1.29 is 18.6 Å². The molecule has 10 nitrogen and oxygen atoms in total. The van der Waals surface area contributed by atoms with E-state index in [2.05, 4.69) is 30.2 Å². The van der Waals surface area contributed by atoms with Gasteiger partial charge in [-0.1, -0.05) is 0 Å². The van der Waals surface area contributed by atoms with Crippen LogP contribution in [0.25, 0.3) is 21.9 Å². The van der Waals surface area contributed by atoms with Gasteiger partial charge in [-0.2, -0.15) is 9.97 Å². The highest BCUT2D eigenvalue weighted by Crippen LogP contribution is 2.47. The molecule has 12 heteroatoms. The minimum Gasteiger partial charge on any atom is -0.421 e. The summed E-state index contributed by atoms with van der Waals surface area (Å²) in [6.07, 6.45) is 2.80. The number of piperidine rings is 1. The third-order valence-electron chi connectivity index (χ3n) is 6.72. The van der Waals surface area contributed by atoms with Crippen LogP contribution >= 0.6 is 0 Å². The summed E-state index contributed by atoms with van der Waals surface area (Å²) in [5, 5.41) is 13.0. The van der Waals surface area contributed by atoms with Crippen LogP contribution in [0.3, 0.4) is 0 Å². The third kappa shape index (κ3) is 2.98. The van der Waals surface area contributed by atoms with Crippen LogP contribution in [0.5, 0.6) is 11.8 Å². The van der Waals surface area contributed by atoms with Gasteiger partial charge in [-0.15, -0.1) is 0 Å². The van der Waals surface area contributed by atoms with Crippen molar-refractivity contribution >= 4 is 33.4 Å². The number of aromatic nitrogens is 5. The van der Waals surface area contributed by atoms with Gasteiger partial charge in [0.2, 0.25) is 0 Å². The van der Waals surface area contributed by atoms with E-state index in [0.717, 1.165) is 12.5 Å². The molecule has 0 spiro atoms. The smallest absolute Gasteiger partial charge is 0.326 e. The van der Waals surface area contributed by atoms with Crippen LogP contribution in [0.2, 0.25) is 0 Å². The molecule has 1 aliphatic carbocycles. The predicted octanol–water partition coefficient (Wildman–Crippen LogP) is 2.60. The van der Waals surface area contributed by atoms with Crippen molar-refractivity contribution in [3.8, 4) is 11.8 Å². The number of nitrogens with one attached hydrogen (secondary N) is 2. The Balaban J connectivity index is 1.51. The van der Waals surface area contributed by atoms with Crippen molar-refractivity contribution in [2.24, 2.45) is 11.7 Å². The summed E-state index contributed by atoms with van der Waals surface area (Å²) < 4.78 is 35.3. The molecule has 1 aromatic carbocycles. The fourth-order valence-corrected chi connectivity index (χ4v) is 4.81. The number of hydrogen-bond donors (Lipinski definition) is 4. The highest BCUT2D eigenvalue weighted by Gasteiger charge is 2.52. The monoisotopic (exact) mass is 468 g/mol. The molecule has 5 N–H and O–H groups in total. The number of anilines is 2. The fraction of sp³-hybridized carbons (Fsp3) is 0.364. The number of rotatable bonds is 5. The van der Waals surface area contributed by atoms with Crippen molar-refractivity contribution in [2.75, 3.05) is 23.8 Å². The van der Waals surface area contributed by atoms with Gasteiger partial charge in [0.05, 0.1) is 34.4 Å². The lowest BCUT2D eigenvalue weighted by Crippen LogP contribution is -2.71. The lowest BCUT2D eigenvalue weighted by molar-refractivity contribution is 0.121. The minimum absolute atomic E-state index is 0.00131. The van der Waals surface area contributed by atoms with E-state index in [1.165, 1.54) is 12.4 Å². The van der Waals surface area contributed by atoms with Gasteiger partial charge in [0.25, 0.3) is 0 Å². The van der Waals surface area contributed by atoms with Gasteiger partial charge in [-0.25, -0.2) is 18.7 Å². The molecule has 1 saturated carbocycles. The maximum atomic E-state index is 15.1. The molecule has 0 bridgehead atoms. The van der Waals surface area contributed by atoms with Crippen molar-refractivity contribution in [3.05, 3.63) is 35.9 Å². The normalized spacial score (nSPS) is 22.3. The summed E-state index contributed by atoms with van der Waals surface area (Å²) in [7, 11) is 1.63. The topological polar surface area (TPSA) is 138 Å². The SMILES string of the molecule is CNc1cc(F)c(F)c2c1[nH]c1nc(Oc3cnc([C@@H](C)O)nc3)nc(N3CC4[C@H](N)C[C@@H]43)c12. The van der Waals surface area contributed by atoms with E-state index in [1.807, 2.05) is 4.90 Å². The first-order valence-electron chi connectivity index (χ1n) is 10.9. The summed E-state index contributed by atoms with van der Waals surface area (Å²) in [5.41, 5.74) is 7.19. The molecule has 2 aliphatic rings. The standard InChI is InChI=1S/C22H22F2N8O2/c1-8(33)19-27-5-9(6-28-19)34-22-30-20-16(21(31-22)32-7-10-12(25)4-14(10)32)15-17(24)11(23)3-13(26-2)18(15)29-20/h3,5-6,8,10,12,14,26,33H,4,7,25H2,1-2H3,(H,29,30,31)/t8-,10?,12-,14+/m1/s1. The van der Waals surface area contributed by atoms with E-state index in [-0.39, 0.29) is 35.1 Å². The van der Waals surface area contributed by atoms with E-state index >= 15 is 4.39 Å². The van der Waals surface area contributed by atoms with Crippen molar-refractivity contribution in [1.82, 2.24) is 24.9 Å². The number of nitrogens with zero attached hydrogens (tertiary/aromatic N) is 5. The average molecular weight is 468 g/mol. The summed E-state index contributed by atoms with van der Waals surface area (Å²) >= 11 is 0. The molecular formula is C22H22F2N8O2. The van der Waals surface area contributed by atoms with Crippen molar-refractivity contribution in [3.63, 3.8) is 0 Å². The molecule has 34 heavy (non-hydrogen) atoms. The molecule has 6 rings (SSSR count). The summed E-state index contributed by atoms with van der Waals surface area (Å²) in [6, 6.07) is 1.41. The molecule has 4 atom stereocenters. The van der Waals surface area contributed by atoms with Crippen LogP contribution in [-0.4, -0.2) is 55.7 Å². The quantitative estimate of drug-likeness (QED) is 0.348. The maximum Gasteiger partial charge on any atom is 0.326 e. The van der Waals surface area contributed by atoms with Gasteiger partial charge in [0, 0.05) is 37.7 Å². The summed E-state index contributed by atoms with van der Waals surface area (Å²) in [4.78, 5) is 22.3. The second-order valence-corrected chi connectivity index (χ2v) is 8.74. The lowest BCUT2D eigenvalue weighted by atomic mass is 9.67. The number of aliphatic hydroxyl groups is 1. The molecule has 4 aromatic rings. The first-order valence-corrected chi connectivity index (χ1v) is 10.9. The molecule has 1 saturated heterocycles. The van der Waals surface area contributed by atoms with Crippen LogP contribution in [0.4, 0.5) is 20.3 Å². The molecule has 4 heterocycles. The van der Waals surface area contributed by atoms with Crippen LogP contribution in [0.15, 0.2) is 18.5 Å². The fourth-order valence-electron chi connectivity index (χ4n) is 4.81. The Labute approximate surface area is 192 Å². The number of aliphatic hydroxyl groups excluding tert-OH is 1. The maximum absolute atomic E-state index is 15.1. The molecule has 2 fully saturated rings. The summed E-state index contributed by atoms with van der Waals surface area (Å²) in [6.45, 7) is 2.22. The first kappa shape index (κ1) is 20.9. The van der Waals surface area contributed by atoms with E-state index in [1.54, 1.807) is 14.0 Å². The third-order valence-corrected chi connectivity index (χ3v) is 6.72. The molecule has 0 radical (unpaired) electrons. The number of aromatic amines is 1. The van der Waals surface area contributed by atoms with Crippen LogP contribution < -0.4 is 20.7 Å². The number of nitrogens with two attached hydrogens (primary N) is 1. The van der Waals surface area contributed by atoms with Crippen molar-refractivity contribution in [1.29, 1.82) is 0 Å². The average Bonchev–Trinajstić information content (AvgIpc) is 3.19. The van der Waals surface area contributed by atoms with Crippen LogP contribution in [0.1, 0.15) is 25.3 Å². The van der Waals surface area contributed by atoms with Gasteiger partial charge >= 0.3 is 6.01 Å².